The average Bonchev–Trinajstić information content (AvgIpc) is 2.74. The Hall–Kier alpha value is -2.60. The van der Waals surface area contributed by atoms with Crippen molar-refractivity contribution in [3.8, 4) is 11.1 Å². The van der Waals surface area contributed by atoms with Gasteiger partial charge >= 0.3 is 0 Å². The Bertz CT molecular complexity index is 995. The predicted molar refractivity (Wildman–Crippen MR) is 129 cm³/mol. The zero-order valence-electron chi connectivity index (χ0n) is 18.8. The van der Waals surface area contributed by atoms with Crippen LogP contribution in [0.5, 0.6) is 0 Å². The Labute approximate surface area is 171 Å². The van der Waals surface area contributed by atoms with Crippen LogP contribution in [0.3, 0.4) is 0 Å². The lowest BCUT2D eigenvalue weighted by Gasteiger charge is -2.19. The minimum absolute atomic E-state index is 1.32. The van der Waals surface area contributed by atoms with Gasteiger partial charge in [0.2, 0.25) is 0 Å². The van der Waals surface area contributed by atoms with Gasteiger partial charge in [-0.1, -0.05) is 88.4 Å². The molecule has 0 bridgehead atoms. The molecule has 0 saturated carbocycles. The molecule has 0 aromatic heterocycles. The standard InChI is InChI=1S/C24H22.2C2H6/c1-15-13-19-9-5-7-11-21(19)23(17(15)3)24-18(4)16(2)14-20-10-6-8-12-22(20)24;2*1-2/h5-14H,1-4H3;2*1-2H3. The van der Waals surface area contributed by atoms with Crippen LogP contribution < -0.4 is 0 Å². The number of benzene rings is 4. The fourth-order valence-corrected chi connectivity index (χ4v) is 3.83. The molecule has 4 aromatic rings. The van der Waals surface area contributed by atoms with Crippen molar-refractivity contribution in [1.29, 1.82) is 0 Å². The molecule has 4 rings (SSSR count). The second kappa shape index (κ2) is 9.55. The van der Waals surface area contributed by atoms with E-state index < -0.39 is 0 Å². The third kappa shape index (κ3) is 3.83. The molecule has 146 valence electrons. The molecule has 0 aliphatic heterocycles. The molecule has 4 aromatic carbocycles. The smallest absolute Gasteiger partial charge is 0.00645 e. The van der Waals surface area contributed by atoms with E-state index in [1.54, 1.807) is 0 Å². The molecule has 0 fully saturated rings. The van der Waals surface area contributed by atoms with Crippen LogP contribution >= 0.6 is 0 Å². The molecule has 0 saturated heterocycles. The summed E-state index contributed by atoms with van der Waals surface area (Å²) < 4.78 is 0. The summed E-state index contributed by atoms with van der Waals surface area (Å²) in [5.41, 5.74) is 8.26. The summed E-state index contributed by atoms with van der Waals surface area (Å²) in [5, 5.41) is 5.33. The van der Waals surface area contributed by atoms with E-state index >= 15 is 0 Å². The highest BCUT2D eigenvalue weighted by atomic mass is 14.2. The van der Waals surface area contributed by atoms with Crippen LogP contribution in [0.4, 0.5) is 0 Å². The van der Waals surface area contributed by atoms with Crippen molar-refractivity contribution in [2.24, 2.45) is 0 Å². The van der Waals surface area contributed by atoms with E-state index in [0.717, 1.165) is 0 Å². The van der Waals surface area contributed by atoms with Gasteiger partial charge in [0.1, 0.15) is 0 Å². The highest BCUT2D eigenvalue weighted by Gasteiger charge is 2.16. The quantitative estimate of drug-likeness (QED) is 0.313. The Kier molecular flexibility index (Phi) is 7.40. The van der Waals surface area contributed by atoms with Gasteiger partial charge in [0.05, 0.1) is 0 Å². The molecule has 0 amide bonds. The van der Waals surface area contributed by atoms with Gasteiger partial charge in [0.25, 0.3) is 0 Å². The lowest BCUT2D eigenvalue weighted by atomic mass is 9.85. The highest BCUT2D eigenvalue weighted by Crippen LogP contribution is 2.40. The normalized spacial score (nSPS) is 10.1. The summed E-state index contributed by atoms with van der Waals surface area (Å²) in [6.45, 7) is 17.0. The van der Waals surface area contributed by atoms with Crippen molar-refractivity contribution in [2.75, 3.05) is 0 Å². The Morgan fingerprint density at radius 3 is 1.14 bits per heavy atom. The van der Waals surface area contributed by atoms with Crippen molar-refractivity contribution < 1.29 is 0 Å². The molecule has 0 aliphatic carbocycles. The van der Waals surface area contributed by atoms with E-state index in [1.165, 1.54) is 54.9 Å². The molecule has 28 heavy (non-hydrogen) atoms. The fourth-order valence-electron chi connectivity index (χ4n) is 3.83. The number of hydrogen-bond acceptors (Lipinski definition) is 0. The molecule has 0 heterocycles. The predicted octanol–water partition coefficient (Wildman–Crippen LogP) is 8.95. The lowest BCUT2D eigenvalue weighted by molar-refractivity contribution is 1.33. The van der Waals surface area contributed by atoms with Crippen molar-refractivity contribution in [1.82, 2.24) is 0 Å². The second-order valence-electron chi connectivity index (χ2n) is 6.83. The van der Waals surface area contributed by atoms with Gasteiger partial charge in [-0.2, -0.15) is 0 Å². The van der Waals surface area contributed by atoms with Gasteiger partial charge < -0.3 is 0 Å². The fraction of sp³-hybridized carbons (Fsp3) is 0.286. The first-order chi connectivity index (χ1) is 13.6. The first kappa shape index (κ1) is 21.7. The van der Waals surface area contributed by atoms with Gasteiger partial charge in [-0.15, -0.1) is 0 Å². The van der Waals surface area contributed by atoms with Crippen LogP contribution in [0.15, 0.2) is 60.7 Å². The zero-order chi connectivity index (χ0) is 20.8. The van der Waals surface area contributed by atoms with Crippen LogP contribution in [-0.2, 0) is 0 Å². The molecule has 0 atom stereocenters. The first-order valence-electron chi connectivity index (χ1n) is 10.6. The topological polar surface area (TPSA) is 0 Å². The molecule has 0 radical (unpaired) electrons. The Morgan fingerprint density at radius 1 is 0.464 bits per heavy atom. The molecule has 0 heteroatoms. The van der Waals surface area contributed by atoms with Crippen LogP contribution in [0.1, 0.15) is 49.9 Å². The minimum atomic E-state index is 1.32. The van der Waals surface area contributed by atoms with Crippen LogP contribution in [0.25, 0.3) is 32.7 Å². The van der Waals surface area contributed by atoms with Crippen LogP contribution in [0, 0.1) is 27.7 Å². The van der Waals surface area contributed by atoms with Gasteiger partial charge in [-0.25, -0.2) is 0 Å². The summed E-state index contributed by atoms with van der Waals surface area (Å²) in [6.07, 6.45) is 0. The molecule has 0 spiro atoms. The number of rotatable bonds is 1. The molecular formula is C28H34. The molecule has 0 N–H and O–H groups in total. The van der Waals surface area contributed by atoms with Gasteiger partial charge in [-0.05, 0) is 82.6 Å². The second-order valence-corrected chi connectivity index (χ2v) is 6.83. The third-order valence-electron chi connectivity index (χ3n) is 5.39. The number of fused-ring (bicyclic) bond motifs is 2. The van der Waals surface area contributed by atoms with E-state index in [0.29, 0.717) is 0 Å². The van der Waals surface area contributed by atoms with E-state index in [4.69, 9.17) is 0 Å². The summed E-state index contributed by atoms with van der Waals surface area (Å²) in [6, 6.07) is 22.1. The maximum atomic E-state index is 2.31. The van der Waals surface area contributed by atoms with Crippen molar-refractivity contribution in [3.05, 3.63) is 82.9 Å². The van der Waals surface area contributed by atoms with E-state index in [-0.39, 0.29) is 0 Å². The van der Waals surface area contributed by atoms with Gasteiger partial charge in [0.15, 0.2) is 0 Å². The molecule has 0 aliphatic rings. The maximum Gasteiger partial charge on any atom is -0.00645 e. The first-order valence-corrected chi connectivity index (χ1v) is 10.6. The SMILES string of the molecule is CC.CC.Cc1cc2ccccc2c(-c2c(C)c(C)cc3ccccc23)c1C. The summed E-state index contributed by atoms with van der Waals surface area (Å²) in [5.74, 6) is 0. The lowest BCUT2D eigenvalue weighted by Crippen LogP contribution is -1.96. The minimum Gasteiger partial charge on any atom is -0.0683 e. The van der Waals surface area contributed by atoms with Gasteiger partial charge in [-0.3, -0.25) is 0 Å². The average molecular weight is 371 g/mol. The Morgan fingerprint density at radius 2 is 0.786 bits per heavy atom. The van der Waals surface area contributed by atoms with E-state index in [9.17, 15) is 0 Å². The largest absolute Gasteiger partial charge is 0.0683 e. The molecule has 0 nitrogen and oxygen atoms in total. The zero-order valence-corrected chi connectivity index (χ0v) is 18.8. The summed E-state index contributed by atoms with van der Waals surface area (Å²) in [4.78, 5) is 0. The van der Waals surface area contributed by atoms with E-state index in [1.807, 2.05) is 27.7 Å². The summed E-state index contributed by atoms with van der Waals surface area (Å²) >= 11 is 0. The monoisotopic (exact) mass is 370 g/mol. The van der Waals surface area contributed by atoms with Crippen LogP contribution in [0.2, 0.25) is 0 Å². The van der Waals surface area contributed by atoms with Crippen molar-refractivity contribution in [3.63, 3.8) is 0 Å². The highest BCUT2D eigenvalue weighted by molar-refractivity contribution is 6.08. The number of aryl methyl sites for hydroxylation is 2. The maximum absolute atomic E-state index is 2.31. The van der Waals surface area contributed by atoms with Crippen LogP contribution in [-0.4, -0.2) is 0 Å². The molecular weight excluding hydrogens is 336 g/mol. The van der Waals surface area contributed by atoms with Crippen molar-refractivity contribution >= 4 is 21.5 Å². The third-order valence-corrected chi connectivity index (χ3v) is 5.39. The summed E-state index contributed by atoms with van der Waals surface area (Å²) in [7, 11) is 0. The molecule has 0 unspecified atom stereocenters. The Balaban J connectivity index is 0.000000660. The van der Waals surface area contributed by atoms with Gasteiger partial charge in [0, 0.05) is 0 Å². The van der Waals surface area contributed by atoms with Crippen molar-refractivity contribution in [2.45, 2.75) is 55.4 Å². The van der Waals surface area contributed by atoms with E-state index in [2.05, 4.69) is 88.4 Å². The number of hydrogen-bond donors (Lipinski definition) is 0.